The summed E-state index contributed by atoms with van der Waals surface area (Å²) in [4.78, 5) is 82.4. The number of carboxylic acid groups (broad SMARTS) is 2. The van der Waals surface area contributed by atoms with Crippen LogP contribution in [0.4, 0.5) is 4.79 Å². The number of carboxylic acids is 2. The van der Waals surface area contributed by atoms with Gasteiger partial charge in [0.15, 0.2) is 6.04 Å². The van der Waals surface area contributed by atoms with E-state index in [2.05, 4.69) is 10.6 Å². The molecule has 0 bridgehead atoms. The molecule has 3 aromatic carbocycles. The molecule has 5 amide bonds. The van der Waals surface area contributed by atoms with Crippen LogP contribution in [0, 0.1) is 11.3 Å². The van der Waals surface area contributed by atoms with Crippen LogP contribution in [0.1, 0.15) is 61.9 Å². The lowest BCUT2D eigenvalue weighted by atomic mass is 9.88. The minimum Gasteiger partial charge on any atom is -0.481 e. The Morgan fingerprint density at radius 2 is 1.44 bits per heavy atom. The van der Waals surface area contributed by atoms with Gasteiger partial charge in [-0.15, -0.1) is 0 Å². The maximum absolute atomic E-state index is 14.5. The van der Waals surface area contributed by atoms with Gasteiger partial charge in [-0.1, -0.05) is 98.8 Å². The van der Waals surface area contributed by atoms with E-state index in [0.29, 0.717) is 16.7 Å². The lowest BCUT2D eigenvalue weighted by molar-refractivity contribution is -0.145. The van der Waals surface area contributed by atoms with Gasteiger partial charge in [0, 0.05) is 12.1 Å². The molecular weight excluding hydrogens is 644 g/mol. The second-order valence-corrected chi connectivity index (χ2v) is 12.6. The number of rotatable bonds is 15. The van der Waals surface area contributed by atoms with Crippen molar-refractivity contribution < 1.29 is 39.0 Å². The predicted molar refractivity (Wildman–Crippen MR) is 181 cm³/mol. The molecule has 7 N–H and O–H groups in total. The molecule has 1 aliphatic heterocycles. The highest BCUT2D eigenvalue weighted by molar-refractivity contribution is 6.10. The third-order valence-electron chi connectivity index (χ3n) is 8.54. The highest BCUT2D eigenvalue weighted by Crippen LogP contribution is 2.40. The van der Waals surface area contributed by atoms with Crippen molar-refractivity contribution in [1.82, 2.24) is 20.4 Å². The minimum absolute atomic E-state index is 0.0109. The maximum atomic E-state index is 14.5. The summed E-state index contributed by atoms with van der Waals surface area (Å²) in [6.45, 7) is 5.08. The number of nitrogens with zero attached hydrogens (tertiary/aromatic N) is 2. The SMILES string of the molecule is CC(C)CC(C(=O)N[C@@H](CC(=O)O)C(=O)N[C@H](C(=O)O)c1ccccc1)N1C(=O)N(Cc2ccccc2)[C@@](C)(c2ccc(C(=N)N)cc2)C1=O. The van der Waals surface area contributed by atoms with Gasteiger partial charge in [-0.25, -0.2) is 14.5 Å². The molecule has 4 atom stereocenters. The number of nitrogens with two attached hydrogens (primary N) is 1. The molecule has 14 nitrogen and oxygen atoms in total. The van der Waals surface area contributed by atoms with Crippen LogP contribution in [-0.4, -0.2) is 73.6 Å². The first-order chi connectivity index (χ1) is 23.6. The van der Waals surface area contributed by atoms with Crippen LogP contribution in [0.25, 0.3) is 0 Å². The Morgan fingerprint density at radius 1 is 0.860 bits per heavy atom. The standard InChI is InChI=1S/C36H40N6O8/c1-21(2)18-27(32(46)39-26(19-28(43)44)31(45)40-29(33(47)48)23-12-8-5-9-13-23)42-34(49)36(3,25-16-14-24(15-17-25)30(37)38)41(35(42)50)20-22-10-6-4-7-11-22/h4-17,21,26-27,29H,18-20H2,1-3H3,(H3,37,38)(H,39,46)(H,40,45)(H,43,44)(H,47,48)/t26-,27?,29-,36-/m0/s1. The number of aliphatic carboxylic acids is 2. The van der Waals surface area contributed by atoms with Gasteiger partial charge in [0.25, 0.3) is 5.91 Å². The number of nitrogen functional groups attached to an aromatic ring is 1. The summed E-state index contributed by atoms with van der Waals surface area (Å²) >= 11 is 0. The van der Waals surface area contributed by atoms with Gasteiger partial charge < -0.3 is 31.5 Å². The van der Waals surface area contributed by atoms with E-state index < -0.39 is 65.8 Å². The van der Waals surface area contributed by atoms with Crippen LogP contribution in [-0.2, 0) is 36.1 Å². The first-order valence-electron chi connectivity index (χ1n) is 15.9. The molecule has 1 fully saturated rings. The fourth-order valence-corrected chi connectivity index (χ4v) is 5.88. The Bertz CT molecular complexity index is 1770. The van der Waals surface area contributed by atoms with Gasteiger partial charge in [-0.05, 0) is 36.0 Å². The second kappa shape index (κ2) is 15.4. The highest BCUT2D eigenvalue weighted by atomic mass is 16.4. The van der Waals surface area contributed by atoms with Crippen LogP contribution >= 0.6 is 0 Å². The molecule has 262 valence electrons. The zero-order valence-electron chi connectivity index (χ0n) is 27.8. The Labute approximate surface area is 288 Å². The van der Waals surface area contributed by atoms with E-state index in [9.17, 15) is 39.0 Å². The highest BCUT2D eigenvalue weighted by Gasteiger charge is 2.58. The molecule has 0 radical (unpaired) electrons. The molecule has 1 heterocycles. The number of urea groups is 1. The number of carbonyl (C=O) groups excluding carboxylic acids is 4. The molecule has 0 saturated carbocycles. The van der Waals surface area contributed by atoms with Crippen LogP contribution < -0.4 is 16.4 Å². The Kier molecular flexibility index (Phi) is 11.4. The van der Waals surface area contributed by atoms with Crippen LogP contribution in [0.2, 0.25) is 0 Å². The Balaban J connectivity index is 1.72. The largest absolute Gasteiger partial charge is 0.481 e. The monoisotopic (exact) mass is 684 g/mol. The lowest BCUT2D eigenvalue weighted by Crippen LogP contribution is -2.56. The first-order valence-corrected chi connectivity index (χ1v) is 15.9. The Hall–Kier alpha value is -6.05. The second-order valence-electron chi connectivity index (χ2n) is 12.6. The van der Waals surface area contributed by atoms with E-state index in [1.165, 1.54) is 17.0 Å². The van der Waals surface area contributed by atoms with Crippen molar-refractivity contribution in [2.24, 2.45) is 11.7 Å². The van der Waals surface area contributed by atoms with Gasteiger partial charge in [-0.3, -0.25) is 24.6 Å². The molecule has 50 heavy (non-hydrogen) atoms. The molecule has 1 aliphatic rings. The number of amides is 5. The summed E-state index contributed by atoms with van der Waals surface area (Å²) in [5.41, 5.74) is 5.73. The van der Waals surface area contributed by atoms with Crippen molar-refractivity contribution in [3.8, 4) is 0 Å². The van der Waals surface area contributed by atoms with Crippen molar-refractivity contribution in [2.45, 2.75) is 63.8 Å². The van der Waals surface area contributed by atoms with Crippen molar-refractivity contribution in [2.75, 3.05) is 0 Å². The zero-order chi connectivity index (χ0) is 36.7. The number of imide groups is 1. The predicted octanol–water partition coefficient (Wildman–Crippen LogP) is 2.97. The third kappa shape index (κ3) is 7.97. The van der Waals surface area contributed by atoms with Crippen molar-refractivity contribution in [3.63, 3.8) is 0 Å². The van der Waals surface area contributed by atoms with Crippen molar-refractivity contribution >= 4 is 41.5 Å². The van der Waals surface area contributed by atoms with E-state index >= 15 is 0 Å². The summed E-state index contributed by atoms with van der Waals surface area (Å²) in [6, 6.07) is 17.4. The number of hydrogen-bond acceptors (Lipinski definition) is 7. The van der Waals surface area contributed by atoms with E-state index in [1.54, 1.807) is 93.6 Å². The summed E-state index contributed by atoms with van der Waals surface area (Å²) in [7, 11) is 0. The zero-order valence-corrected chi connectivity index (χ0v) is 27.8. The Morgan fingerprint density at radius 3 is 1.96 bits per heavy atom. The summed E-state index contributed by atoms with van der Waals surface area (Å²) in [6.07, 6.45) is -0.944. The summed E-state index contributed by atoms with van der Waals surface area (Å²) in [5.74, 6) is -6.10. The van der Waals surface area contributed by atoms with E-state index in [1.807, 2.05) is 0 Å². The van der Waals surface area contributed by atoms with Crippen LogP contribution in [0.5, 0.6) is 0 Å². The van der Waals surface area contributed by atoms with E-state index in [-0.39, 0.29) is 30.3 Å². The molecular formula is C36H40N6O8. The van der Waals surface area contributed by atoms with Crippen molar-refractivity contribution in [1.29, 1.82) is 5.41 Å². The van der Waals surface area contributed by atoms with E-state index in [0.717, 1.165) is 4.90 Å². The fraction of sp³-hybridized carbons (Fsp3) is 0.306. The number of benzene rings is 3. The molecule has 0 spiro atoms. The third-order valence-corrected chi connectivity index (χ3v) is 8.54. The molecule has 4 rings (SSSR count). The summed E-state index contributed by atoms with van der Waals surface area (Å²) < 4.78 is 0. The normalized spacial score (nSPS) is 17.6. The molecule has 0 aromatic heterocycles. The van der Waals surface area contributed by atoms with Crippen LogP contribution in [0.15, 0.2) is 84.9 Å². The molecule has 0 aliphatic carbocycles. The molecule has 3 aromatic rings. The van der Waals surface area contributed by atoms with Gasteiger partial charge in [0.2, 0.25) is 11.8 Å². The average Bonchev–Trinajstić information content (AvgIpc) is 3.26. The first kappa shape index (κ1) is 36.8. The molecule has 1 saturated heterocycles. The molecule has 1 unspecified atom stereocenters. The number of amidine groups is 1. The van der Waals surface area contributed by atoms with Gasteiger partial charge in [0.1, 0.15) is 23.5 Å². The maximum Gasteiger partial charge on any atom is 0.330 e. The van der Waals surface area contributed by atoms with Gasteiger partial charge in [0.05, 0.1) is 6.42 Å². The van der Waals surface area contributed by atoms with Crippen molar-refractivity contribution in [3.05, 3.63) is 107 Å². The lowest BCUT2D eigenvalue weighted by Gasteiger charge is -2.32. The topological polar surface area (TPSA) is 223 Å². The molecule has 14 heteroatoms. The van der Waals surface area contributed by atoms with Crippen LogP contribution in [0.3, 0.4) is 0 Å². The number of hydrogen-bond donors (Lipinski definition) is 6. The number of nitrogens with one attached hydrogen (secondary N) is 3. The van der Waals surface area contributed by atoms with Gasteiger partial charge in [-0.2, -0.15) is 0 Å². The van der Waals surface area contributed by atoms with Gasteiger partial charge >= 0.3 is 18.0 Å². The average molecular weight is 685 g/mol. The number of carbonyl (C=O) groups is 6. The fourth-order valence-electron chi connectivity index (χ4n) is 5.88. The smallest absolute Gasteiger partial charge is 0.330 e. The summed E-state index contributed by atoms with van der Waals surface area (Å²) in [5, 5.41) is 31.9. The minimum atomic E-state index is -1.75. The quantitative estimate of drug-likeness (QED) is 0.0785. The van der Waals surface area contributed by atoms with E-state index in [4.69, 9.17) is 11.1 Å².